The van der Waals surface area contributed by atoms with E-state index in [1.54, 1.807) is 0 Å². The normalized spacial score (nSPS) is 10.8. The van der Waals surface area contributed by atoms with Crippen LogP contribution in [-0.2, 0) is 14.3 Å². The Morgan fingerprint density at radius 3 is 1.36 bits per heavy atom. The zero-order valence-electron chi connectivity index (χ0n) is 16.7. The molecule has 3 heteroatoms. The van der Waals surface area contributed by atoms with Crippen molar-refractivity contribution < 1.29 is 14.3 Å². The number of esters is 1. The van der Waals surface area contributed by atoms with Gasteiger partial charge < -0.3 is 9.53 Å². The number of hydrogen-bond donors (Lipinski definition) is 0. The lowest BCUT2D eigenvalue weighted by molar-refractivity contribution is -0.143. The Morgan fingerprint density at radius 1 is 0.640 bits per heavy atom. The monoisotopic (exact) mass is 354 g/mol. The Kier molecular flexibility index (Phi) is 20.5. The zero-order valence-corrected chi connectivity index (χ0v) is 16.7. The molecule has 148 valence electrons. The van der Waals surface area contributed by atoms with Gasteiger partial charge in [0.1, 0.15) is 6.29 Å². The van der Waals surface area contributed by atoms with Crippen LogP contribution in [0.15, 0.2) is 0 Å². The molecule has 0 unspecified atom stereocenters. The fourth-order valence-corrected chi connectivity index (χ4v) is 3.21. The molecular formula is C22H42O3. The number of carbonyl (C=O) groups excluding carboxylic acids is 2. The van der Waals surface area contributed by atoms with E-state index >= 15 is 0 Å². The maximum absolute atomic E-state index is 11.2. The Labute approximate surface area is 156 Å². The van der Waals surface area contributed by atoms with Crippen molar-refractivity contribution in [3.05, 3.63) is 0 Å². The molecule has 0 aliphatic carbocycles. The molecule has 0 aromatic heterocycles. The van der Waals surface area contributed by atoms with Gasteiger partial charge in [-0.1, -0.05) is 89.9 Å². The van der Waals surface area contributed by atoms with Crippen molar-refractivity contribution in [2.24, 2.45) is 0 Å². The highest BCUT2D eigenvalue weighted by atomic mass is 16.5. The van der Waals surface area contributed by atoms with Crippen LogP contribution >= 0.6 is 0 Å². The van der Waals surface area contributed by atoms with Crippen molar-refractivity contribution in [2.45, 2.75) is 122 Å². The first-order chi connectivity index (χ1) is 12.3. The molecule has 0 amide bonds. The summed E-state index contributed by atoms with van der Waals surface area (Å²) in [5.41, 5.74) is 0. The Bertz CT molecular complexity index is 289. The molecule has 0 N–H and O–H groups in total. The van der Waals surface area contributed by atoms with Crippen LogP contribution < -0.4 is 0 Å². The van der Waals surface area contributed by atoms with Crippen molar-refractivity contribution >= 4 is 12.3 Å². The minimum Gasteiger partial charge on any atom is -0.466 e. The van der Waals surface area contributed by atoms with Crippen LogP contribution in [0.4, 0.5) is 0 Å². The summed E-state index contributed by atoms with van der Waals surface area (Å²) >= 11 is 0. The predicted molar refractivity (Wildman–Crippen MR) is 106 cm³/mol. The molecule has 0 aromatic carbocycles. The molecule has 0 aliphatic heterocycles. The highest BCUT2D eigenvalue weighted by molar-refractivity contribution is 5.69. The number of hydrogen-bond acceptors (Lipinski definition) is 3. The minimum atomic E-state index is -0.0413. The quantitative estimate of drug-likeness (QED) is 0.138. The van der Waals surface area contributed by atoms with Crippen LogP contribution in [-0.4, -0.2) is 18.9 Å². The average Bonchev–Trinajstić information content (AvgIpc) is 2.61. The maximum Gasteiger partial charge on any atom is 0.305 e. The van der Waals surface area contributed by atoms with Crippen LogP contribution in [0.25, 0.3) is 0 Å². The zero-order chi connectivity index (χ0) is 18.4. The number of ether oxygens (including phenoxy) is 1. The second kappa shape index (κ2) is 21.2. The van der Waals surface area contributed by atoms with Crippen molar-refractivity contribution in [2.75, 3.05) is 6.61 Å². The van der Waals surface area contributed by atoms with E-state index in [0.717, 1.165) is 32.0 Å². The van der Waals surface area contributed by atoms with E-state index < -0.39 is 0 Å². The van der Waals surface area contributed by atoms with Gasteiger partial charge in [0.25, 0.3) is 0 Å². The Morgan fingerprint density at radius 2 is 1.00 bits per heavy atom. The molecule has 0 spiro atoms. The summed E-state index contributed by atoms with van der Waals surface area (Å²) in [5, 5.41) is 0. The maximum atomic E-state index is 11.2. The second-order valence-corrected chi connectivity index (χ2v) is 7.17. The molecule has 0 aliphatic rings. The second-order valence-electron chi connectivity index (χ2n) is 7.17. The predicted octanol–water partition coefficient (Wildman–Crippen LogP) is 6.77. The fraction of sp³-hybridized carbons (Fsp3) is 0.909. The fourth-order valence-electron chi connectivity index (χ4n) is 3.21. The van der Waals surface area contributed by atoms with E-state index in [2.05, 4.69) is 0 Å². The van der Waals surface area contributed by atoms with E-state index in [1.807, 2.05) is 6.92 Å². The molecule has 0 aromatic rings. The lowest BCUT2D eigenvalue weighted by atomic mass is 10.0. The molecule has 0 heterocycles. The molecular weight excluding hydrogens is 312 g/mol. The van der Waals surface area contributed by atoms with Crippen LogP contribution in [0, 0.1) is 0 Å². The molecule has 0 fully saturated rings. The summed E-state index contributed by atoms with van der Waals surface area (Å²) in [7, 11) is 0. The smallest absolute Gasteiger partial charge is 0.305 e. The molecule has 25 heavy (non-hydrogen) atoms. The third-order valence-corrected chi connectivity index (χ3v) is 4.76. The topological polar surface area (TPSA) is 43.4 Å². The first kappa shape index (κ1) is 24.1. The number of rotatable bonds is 20. The van der Waals surface area contributed by atoms with Gasteiger partial charge in [0.2, 0.25) is 0 Å². The molecule has 0 atom stereocenters. The van der Waals surface area contributed by atoms with Crippen molar-refractivity contribution in [1.29, 1.82) is 0 Å². The number of aldehydes is 1. The van der Waals surface area contributed by atoms with E-state index in [0.29, 0.717) is 13.0 Å². The molecule has 0 bridgehead atoms. The summed E-state index contributed by atoms with van der Waals surface area (Å²) in [6, 6.07) is 0. The van der Waals surface area contributed by atoms with E-state index in [9.17, 15) is 9.59 Å². The molecule has 0 saturated heterocycles. The van der Waals surface area contributed by atoms with Crippen molar-refractivity contribution in [3.8, 4) is 0 Å². The van der Waals surface area contributed by atoms with Crippen LogP contribution in [0.3, 0.4) is 0 Å². The lowest BCUT2D eigenvalue weighted by Gasteiger charge is -2.04. The van der Waals surface area contributed by atoms with Gasteiger partial charge in [0.15, 0.2) is 0 Å². The van der Waals surface area contributed by atoms with Gasteiger partial charge in [0, 0.05) is 12.8 Å². The van der Waals surface area contributed by atoms with Gasteiger partial charge in [-0.2, -0.15) is 0 Å². The standard InChI is InChI=1S/C22H42O3/c1-2-25-22(24)20-18-16-14-12-10-8-6-4-3-5-7-9-11-13-15-17-19-21-23/h21H,2-20H2,1H3. The summed E-state index contributed by atoms with van der Waals surface area (Å²) in [6.45, 7) is 2.36. The molecule has 0 saturated carbocycles. The van der Waals surface area contributed by atoms with Gasteiger partial charge in [-0.15, -0.1) is 0 Å². The Balaban J connectivity index is 3.03. The third kappa shape index (κ3) is 21.1. The first-order valence-corrected chi connectivity index (χ1v) is 10.9. The van der Waals surface area contributed by atoms with Gasteiger partial charge >= 0.3 is 5.97 Å². The highest BCUT2D eigenvalue weighted by Gasteiger charge is 2.00. The third-order valence-electron chi connectivity index (χ3n) is 4.76. The SMILES string of the molecule is CCOC(=O)CCCCCCCCCCCCCCCCCCC=O. The van der Waals surface area contributed by atoms with Crippen LogP contribution in [0.1, 0.15) is 122 Å². The van der Waals surface area contributed by atoms with Gasteiger partial charge in [-0.3, -0.25) is 4.79 Å². The van der Waals surface area contributed by atoms with Crippen molar-refractivity contribution in [3.63, 3.8) is 0 Å². The van der Waals surface area contributed by atoms with E-state index in [4.69, 9.17) is 4.74 Å². The van der Waals surface area contributed by atoms with E-state index in [1.165, 1.54) is 83.5 Å². The molecule has 3 nitrogen and oxygen atoms in total. The highest BCUT2D eigenvalue weighted by Crippen LogP contribution is 2.14. The summed E-state index contributed by atoms with van der Waals surface area (Å²) in [4.78, 5) is 21.4. The summed E-state index contributed by atoms with van der Waals surface area (Å²) in [5.74, 6) is -0.0413. The summed E-state index contributed by atoms with van der Waals surface area (Å²) in [6.07, 6.45) is 23.0. The first-order valence-electron chi connectivity index (χ1n) is 10.9. The van der Waals surface area contributed by atoms with Gasteiger partial charge in [0.05, 0.1) is 6.61 Å². The number of carbonyl (C=O) groups is 2. The largest absolute Gasteiger partial charge is 0.466 e. The van der Waals surface area contributed by atoms with Crippen LogP contribution in [0.2, 0.25) is 0 Å². The van der Waals surface area contributed by atoms with Crippen molar-refractivity contribution in [1.82, 2.24) is 0 Å². The lowest BCUT2D eigenvalue weighted by Crippen LogP contribution is -2.03. The number of unbranched alkanes of at least 4 members (excludes halogenated alkanes) is 16. The Hall–Kier alpha value is -0.860. The average molecular weight is 355 g/mol. The molecule has 0 radical (unpaired) electrons. The van der Waals surface area contributed by atoms with Crippen LogP contribution in [0.5, 0.6) is 0 Å². The van der Waals surface area contributed by atoms with E-state index in [-0.39, 0.29) is 5.97 Å². The van der Waals surface area contributed by atoms with Gasteiger partial charge in [-0.25, -0.2) is 0 Å². The minimum absolute atomic E-state index is 0.0413. The molecule has 0 rings (SSSR count). The summed E-state index contributed by atoms with van der Waals surface area (Å²) < 4.78 is 4.92. The van der Waals surface area contributed by atoms with Gasteiger partial charge in [-0.05, 0) is 19.8 Å².